The molecule has 19 heavy (non-hydrogen) atoms. The molecule has 0 amide bonds. The summed E-state index contributed by atoms with van der Waals surface area (Å²) in [6.07, 6.45) is 0. The fourth-order valence-corrected chi connectivity index (χ4v) is 3.42. The van der Waals surface area contributed by atoms with Crippen molar-refractivity contribution in [1.29, 1.82) is 0 Å². The molecule has 0 saturated carbocycles. The van der Waals surface area contributed by atoms with Crippen molar-refractivity contribution in [2.45, 2.75) is 24.8 Å². The maximum Gasteiger partial charge on any atom is 0.243 e. The van der Waals surface area contributed by atoms with Crippen LogP contribution in [0.25, 0.3) is 0 Å². The zero-order valence-corrected chi connectivity index (χ0v) is 12.8. The molecule has 1 rings (SSSR count). The topological polar surface area (TPSA) is 72.6 Å². The van der Waals surface area contributed by atoms with E-state index in [9.17, 15) is 8.42 Å². The van der Waals surface area contributed by atoms with E-state index in [1.807, 2.05) is 0 Å². The summed E-state index contributed by atoms with van der Waals surface area (Å²) in [6.45, 7) is 3.58. The first-order valence-corrected chi connectivity index (χ1v) is 7.58. The van der Waals surface area contributed by atoms with Gasteiger partial charge in [-0.1, -0.05) is 12.2 Å². The molecule has 0 aliphatic rings. The molecule has 0 aliphatic carbocycles. The molecule has 0 aromatic heterocycles. The van der Waals surface area contributed by atoms with Gasteiger partial charge >= 0.3 is 0 Å². The Labute approximate surface area is 119 Å². The van der Waals surface area contributed by atoms with E-state index in [4.69, 9.17) is 22.7 Å². The van der Waals surface area contributed by atoms with E-state index < -0.39 is 10.0 Å². The second kappa shape index (κ2) is 6.31. The van der Waals surface area contributed by atoms with E-state index in [1.165, 1.54) is 23.5 Å². The van der Waals surface area contributed by atoms with E-state index in [2.05, 4.69) is 0 Å². The second-order valence-corrected chi connectivity index (χ2v) is 6.70. The standard InChI is InChI=1S/C12H18N2O3S2/c1-9(2)14(8-12(13)18)19(15,16)11-6-4-10(17-3)5-7-11/h4-7,9H,8H2,1-3H3,(H2,13,18). The Bertz CT molecular complexity index is 539. The monoisotopic (exact) mass is 302 g/mol. The molecule has 0 saturated heterocycles. The van der Waals surface area contributed by atoms with E-state index >= 15 is 0 Å². The first kappa shape index (κ1) is 15.9. The Kier molecular flexibility index (Phi) is 5.28. The summed E-state index contributed by atoms with van der Waals surface area (Å²) in [6, 6.07) is 5.98. The molecule has 2 N–H and O–H groups in total. The minimum absolute atomic E-state index is 0.0291. The van der Waals surface area contributed by atoms with Gasteiger partial charge in [-0.15, -0.1) is 0 Å². The number of methoxy groups -OCH3 is 1. The van der Waals surface area contributed by atoms with E-state index in [0.717, 1.165) is 0 Å². The second-order valence-electron chi connectivity index (χ2n) is 4.29. The zero-order valence-electron chi connectivity index (χ0n) is 11.2. The summed E-state index contributed by atoms with van der Waals surface area (Å²) in [7, 11) is -2.09. The van der Waals surface area contributed by atoms with Gasteiger partial charge in [-0.3, -0.25) is 0 Å². The SMILES string of the molecule is COc1ccc(S(=O)(=O)N(CC(N)=S)C(C)C)cc1. The maximum absolute atomic E-state index is 12.5. The third kappa shape index (κ3) is 3.89. The maximum atomic E-state index is 12.5. The van der Waals surface area contributed by atoms with Gasteiger partial charge in [0.05, 0.1) is 23.5 Å². The van der Waals surface area contributed by atoms with Crippen molar-refractivity contribution in [2.24, 2.45) is 5.73 Å². The van der Waals surface area contributed by atoms with Gasteiger partial charge < -0.3 is 10.5 Å². The molecule has 0 aliphatic heterocycles. The number of nitrogens with two attached hydrogens (primary N) is 1. The van der Waals surface area contributed by atoms with Crippen LogP contribution in [-0.4, -0.2) is 37.4 Å². The summed E-state index contributed by atoms with van der Waals surface area (Å²) in [4.78, 5) is 0.337. The fraction of sp³-hybridized carbons (Fsp3) is 0.417. The van der Waals surface area contributed by atoms with Crippen LogP contribution in [0.5, 0.6) is 5.75 Å². The number of nitrogens with zero attached hydrogens (tertiary/aromatic N) is 1. The first-order chi connectivity index (χ1) is 8.78. The smallest absolute Gasteiger partial charge is 0.243 e. The highest BCUT2D eigenvalue weighted by molar-refractivity contribution is 7.89. The van der Waals surface area contributed by atoms with Gasteiger partial charge in [-0.05, 0) is 38.1 Å². The molecule has 0 unspecified atom stereocenters. The lowest BCUT2D eigenvalue weighted by atomic mass is 10.3. The van der Waals surface area contributed by atoms with Crippen LogP contribution in [0.1, 0.15) is 13.8 Å². The summed E-state index contributed by atoms with van der Waals surface area (Å²) in [5.74, 6) is 0.601. The van der Waals surface area contributed by atoms with Crippen molar-refractivity contribution in [2.75, 3.05) is 13.7 Å². The lowest BCUT2D eigenvalue weighted by Gasteiger charge is -2.25. The molecule has 1 aromatic rings. The van der Waals surface area contributed by atoms with E-state index in [-0.39, 0.29) is 22.5 Å². The average Bonchev–Trinajstić information content (AvgIpc) is 2.35. The molecule has 0 fully saturated rings. The van der Waals surface area contributed by atoms with Gasteiger partial charge in [0.1, 0.15) is 5.75 Å². The van der Waals surface area contributed by atoms with Crippen molar-refractivity contribution in [3.05, 3.63) is 24.3 Å². The van der Waals surface area contributed by atoms with E-state index in [1.54, 1.807) is 26.0 Å². The Morgan fingerprint density at radius 2 is 1.89 bits per heavy atom. The number of rotatable bonds is 6. The summed E-state index contributed by atoms with van der Waals surface area (Å²) in [5, 5.41) is 0. The highest BCUT2D eigenvalue weighted by Crippen LogP contribution is 2.20. The Balaban J connectivity index is 3.14. The zero-order chi connectivity index (χ0) is 14.6. The Morgan fingerprint density at radius 1 is 1.37 bits per heavy atom. The van der Waals surface area contributed by atoms with Crippen LogP contribution in [0.2, 0.25) is 0 Å². The summed E-state index contributed by atoms with van der Waals surface area (Å²) < 4.78 is 31.2. The third-order valence-corrected chi connectivity index (χ3v) is 4.72. The fourth-order valence-electron chi connectivity index (χ4n) is 1.58. The van der Waals surface area contributed by atoms with Gasteiger partial charge in [-0.2, -0.15) is 4.31 Å². The van der Waals surface area contributed by atoms with Gasteiger partial charge in [-0.25, -0.2) is 8.42 Å². The molecule has 0 bridgehead atoms. The van der Waals surface area contributed by atoms with Crippen LogP contribution in [0.4, 0.5) is 0 Å². The average molecular weight is 302 g/mol. The number of thiocarbonyl (C=S) groups is 1. The molecular formula is C12H18N2O3S2. The van der Waals surface area contributed by atoms with Crippen LogP contribution in [-0.2, 0) is 10.0 Å². The summed E-state index contributed by atoms with van der Waals surface area (Å²) >= 11 is 4.80. The quantitative estimate of drug-likeness (QED) is 0.804. The lowest BCUT2D eigenvalue weighted by molar-refractivity contribution is 0.390. The van der Waals surface area contributed by atoms with Crippen LogP contribution in [0, 0.1) is 0 Å². The van der Waals surface area contributed by atoms with Gasteiger partial charge in [0, 0.05) is 6.04 Å². The molecule has 106 valence electrons. The van der Waals surface area contributed by atoms with Gasteiger partial charge in [0.25, 0.3) is 0 Å². The Hall–Kier alpha value is -1.18. The first-order valence-electron chi connectivity index (χ1n) is 5.73. The number of hydrogen-bond acceptors (Lipinski definition) is 4. The number of benzene rings is 1. The third-order valence-electron chi connectivity index (χ3n) is 2.55. The number of sulfonamides is 1. The minimum atomic E-state index is -3.61. The highest BCUT2D eigenvalue weighted by Gasteiger charge is 2.27. The number of ether oxygens (including phenoxy) is 1. The molecule has 5 nitrogen and oxygen atoms in total. The lowest BCUT2D eigenvalue weighted by Crippen LogP contribution is -2.42. The van der Waals surface area contributed by atoms with Crippen molar-refractivity contribution >= 4 is 27.2 Å². The van der Waals surface area contributed by atoms with Crippen LogP contribution < -0.4 is 10.5 Å². The van der Waals surface area contributed by atoms with Gasteiger partial charge in [0.15, 0.2) is 0 Å². The normalized spacial score (nSPS) is 11.8. The van der Waals surface area contributed by atoms with Gasteiger partial charge in [0.2, 0.25) is 10.0 Å². The highest BCUT2D eigenvalue weighted by atomic mass is 32.2. The number of hydrogen-bond donors (Lipinski definition) is 1. The van der Waals surface area contributed by atoms with Crippen LogP contribution in [0.15, 0.2) is 29.2 Å². The molecule has 0 radical (unpaired) electrons. The van der Waals surface area contributed by atoms with Crippen molar-refractivity contribution in [1.82, 2.24) is 4.31 Å². The molecule has 1 aromatic carbocycles. The molecular weight excluding hydrogens is 284 g/mol. The van der Waals surface area contributed by atoms with Crippen LogP contribution in [0.3, 0.4) is 0 Å². The minimum Gasteiger partial charge on any atom is -0.497 e. The summed E-state index contributed by atoms with van der Waals surface area (Å²) in [5.41, 5.74) is 5.46. The van der Waals surface area contributed by atoms with E-state index in [0.29, 0.717) is 5.75 Å². The predicted octanol–water partition coefficient (Wildman–Crippen LogP) is 1.38. The molecule has 0 spiro atoms. The molecule has 0 atom stereocenters. The largest absolute Gasteiger partial charge is 0.497 e. The molecule has 0 heterocycles. The molecule has 7 heteroatoms. The predicted molar refractivity (Wildman–Crippen MR) is 78.8 cm³/mol. The van der Waals surface area contributed by atoms with Crippen molar-refractivity contribution in [3.8, 4) is 5.75 Å². The Morgan fingerprint density at radius 3 is 2.26 bits per heavy atom. The van der Waals surface area contributed by atoms with Crippen LogP contribution >= 0.6 is 12.2 Å². The van der Waals surface area contributed by atoms with Crippen molar-refractivity contribution < 1.29 is 13.2 Å². The van der Waals surface area contributed by atoms with Crippen molar-refractivity contribution in [3.63, 3.8) is 0 Å².